The minimum atomic E-state index is -0.915. The summed E-state index contributed by atoms with van der Waals surface area (Å²) in [6.45, 7) is 12.3. The fourth-order valence-corrected chi connectivity index (χ4v) is 2.73. The summed E-state index contributed by atoms with van der Waals surface area (Å²) in [6, 6.07) is 3.80. The molecule has 0 fully saturated rings. The summed E-state index contributed by atoms with van der Waals surface area (Å²) in [7, 11) is 0.752. The number of hydrogen-bond acceptors (Lipinski definition) is 3. The third-order valence-corrected chi connectivity index (χ3v) is 3.49. The van der Waals surface area contributed by atoms with Crippen LogP contribution in [0.1, 0.15) is 44.9 Å². The van der Waals surface area contributed by atoms with E-state index in [2.05, 4.69) is 33.9 Å². The first kappa shape index (κ1) is 16.1. The van der Waals surface area contributed by atoms with Crippen molar-refractivity contribution in [1.82, 2.24) is 0 Å². The highest BCUT2D eigenvalue weighted by molar-refractivity contribution is 6.49. The van der Waals surface area contributed by atoms with E-state index < -0.39 is 15.1 Å². The highest BCUT2D eigenvalue weighted by Gasteiger charge is 2.27. The van der Waals surface area contributed by atoms with E-state index in [0.717, 1.165) is 22.6 Å². The lowest BCUT2D eigenvalue weighted by Crippen LogP contribution is -2.21. The average Bonchev–Trinajstić information content (AvgIpc) is 2.25. The van der Waals surface area contributed by atoms with Crippen LogP contribution in [-0.4, -0.2) is 21.3 Å². The Bertz CT molecular complexity index is 434. The molecule has 0 aliphatic carbocycles. The summed E-state index contributed by atoms with van der Waals surface area (Å²) >= 11 is 0. The number of methoxy groups -OCH3 is 1. The maximum absolute atomic E-state index is 9.96. The Morgan fingerprint density at radius 3 is 2.16 bits per heavy atom. The van der Waals surface area contributed by atoms with Gasteiger partial charge in [0.25, 0.3) is 9.04 Å². The smallest absolute Gasteiger partial charge is 0.274 e. The van der Waals surface area contributed by atoms with Gasteiger partial charge < -0.3 is 14.3 Å². The molecule has 19 heavy (non-hydrogen) atoms. The van der Waals surface area contributed by atoms with E-state index in [0.29, 0.717) is 0 Å². The minimum Gasteiger partial charge on any atom is -0.542 e. The molecule has 1 aromatic rings. The summed E-state index contributed by atoms with van der Waals surface area (Å²) in [5.41, 5.74) is 1.75. The number of benzene rings is 1. The Morgan fingerprint density at radius 2 is 1.79 bits per heavy atom. The van der Waals surface area contributed by atoms with E-state index in [1.807, 2.05) is 12.1 Å². The summed E-state index contributed by atoms with van der Waals surface area (Å²) in [5, 5.41) is 9.96. The molecule has 107 valence electrons. The number of ether oxygens (including phenoxy) is 1. The van der Waals surface area contributed by atoms with Gasteiger partial charge in [-0.2, -0.15) is 0 Å². The van der Waals surface area contributed by atoms with Gasteiger partial charge in [-0.3, -0.25) is 0 Å². The highest BCUT2D eigenvalue weighted by Crippen LogP contribution is 2.43. The van der Waals surface area contributed by atoms with E-state index in [-0.39, 0.29) is 5.41 Å². The standard InChI is InChI=1S/C15H25O3Si/c1-10(16)11-8-9-12(17-5)13(15(2,3)4)14(11)18-19(6)7/h8-10,16H,1-7H3. The predicted molar refractivity (Wildman–Crippen MR) is 80.4 cm³/mol. The third kappa shape index (κ3) is 3.73. The van der Waals surface area contributed by atoms with Crippen LogP contribution in [0.2, 0.25) is 13.1 Å². The fourth-order valence-electron chi connectivity index (χ4n) is 2.10. The Morgan fingerprint density at radius 1 is 1.21 bits per heavy atom. The zero-order chi connectivity index (χ0) is 14.8. The SMILES string of the molecule is COc1ccc(C(C)O)c(O[Si](C)C)c1C(C)(C)C. The van der Waals surface area contributed by atoms with Crippen molar-refractivity contribution in [3.05, 3.63) is 23.3 Å². The second-order valence-corrected chi connectivity index (χ2v) is 8.02. The normalized spacial score (nSPS) is 13.5. The van der Waals surface area contributed by atoms with Crippen LogP contribution in [0.5, 0.6) is 11.5 Å². The number of aliphatic hydroxyl groups excluding tert-OH is 1. The first-order valence-corrected chi connectivity index (χ1v) is 8.96. The van der Waals surface area contributed by atoms with E-state index in [1.54, 1.807) is 14.0 Å². The van der Waals surface area contributed by atoms with Crippen LogP contribution in [0.25, 0.3) is 0 Å². The van der Waals surface area contributed by atoms with Crippen LogP contribution < -0.4 is 9.16 Å². The summed E-state index contributed by atoms with van der Waals surface area (Å²) < 4.78 is 11.5. The topological polar surface area (TPSA) is 38.7 Å². The number of aliphatic hydroxyl groups is 1. The Labute approximate surface area is 118 Å². The van der Waals surface area contributed by atoms with Gasteiger partial charge in [0, 0.05) is 11.1 Å². The Balaban J connectivity index is 3.56. The molecule has 0 saturated carbocycles. The molecule has 1 aromatic carbocycles. The second-order valence-electron chi connectivity index (χ2n) is 6.00. The lowest BCUT2D eigenvalue weighted by atomic mass is 9.84. The zero-order valence-corrected chi connectivity index (χ0v) is 14.0. The van der Waals surface area contributed by atoms with Crippen molar-refractivity contribution in [1.29, 1.82) is 0 Å². The van der Waals surface area contributed by atoms with E-state index in [4.69, 9.17) is 9.16 Å². The second kappa shape index (κ2) is 5.97. The van der Waals surface area contributed by atoms with Crippen LogP contribution in [0.3, 0.4) is 0 Å². The molecule has 0 aliphatic rings. The van der Waals surface area contributed by atoms with Crippen LogP contribution >= 0.6 is 0 Å². The molecule has 4 heteroatoms. The molecular formula is C15H25O3Si. The predicted octanol–water partition coefficient (Wildman–Crippen LogP) is 3.68. The Kier molecular flexibility index (Phi) is 5.04. The largest absolute Gasteiger partial charge is 0.542 e. The van der Waals surface area contributed by atoms with Gasteiger partial charge in [-0.05, 0) is 37.6 Å². The minimum absolute atomic E-state index is 0.108. The molecule has 0 spiro atoms. The van der Waals surface area contributed by atoms with Gasteiger partial charge >= 0.3 is 0 Å². The van der Waals surface area contributed by atoms with Gasteiger partial charge in [0.1, 0.15) is 11.5 Å². The molecule has 1 N–H and O–H groups in total. The van der Waals surface area contributed by atoms with Crippen molar-refractivity contribution in [2.24, 2.45) is 0 Å². The van der Waals surface area contributed by atoms with Crippen LogP contribution in [0, 0.1) is 0 Å². The van der Waals surface area contributed by atoms with Gasteiger partial charge in [0.2, 0.25) is 0 Å². The fraction of sp³-hybridized carbons (Fsp3) is 0.600. The monoisotopic (exact) mass is 281 g/mol. The van der Waals surface area contributed by atoms with Gasteiger partial charge in [0.15, 0.2) is 0 Å². The molecule has 1 unspecified atom stereocenters. The molecule has 3 nitrogen and oxygen atoms in total. The molecule has 0 heterocycles. The quantitative estimate of drug-likeness (QED) is 0.856. The molecule has 0 amide bonds. The van der Waals surface area contributed by atoms with Gasteiger partial charge in [-0.1, -0.05) is 20.8 Å². The molecule has 0 aromatic heterocycles. The Hall–Kier alpha value is -1.00. The lowest BCUT2D eigenvalue weighted by molar-refractivity contribution is 0.196. The van der Waals surface area contributed by atoms with Crippen molar-refractivity contribution in [3.63, 3.8) is 0 Å². The van der Waals surface area contributed by atoms with Crippen molar-refractivity contribution < 1.29 is 14.3 Å². The van der Waals surface area contributed by atoms with E-state index >= 15 is 0 Å². The van der Waals surface area contributed by atoms with Crippen molar-refractivity contribution in [2.75, 3.05) is 7.11 Å². The van der Waals surface area contributed by atoms with Crippen molar-refractivity contribution >= 4 is 9.04 Å². The van der Waals surface area contributed by atoms with Crippen molar-refractivity contribution in [2.45, 2.75) is 52.3 Å². The lowest BCUT2D eigenvalue weighted by Gasteiger charge is -2.28. The highest BCUT2D eigenvalue weighted by atomic mass is 28.3. The third-order valence-electron chi connectivity index (χ3n) is 2.88. The summed E-state index contributed by atoms with van der Waals surface area (Å²) in [5.74, 6) is 1.61. The summed E-state index contributed by atoms with van der Waals surface area (Å²) in [4.78, 5) is 0. The molecule has 0 saturated heterocycles. The van der Waals surface area contributed by atoms with Gasteiger partial charge in [-0.15, -0.1) is 0 Å². The summed E-state index contributed by atoms with van der Waals surface area (Å²) in [6.07, 6.45) is -0.552. The van der Waals surface area contributed by atoms with E-state index in [1.165, 1.54) is 0 Å². The average molecular weight is 281 g/mol. The van der Waals surface area contributed by atoms with Crippen LogP contribution in [0.4, 0.5) is 0 Å². The molecule has 0 aliphatic heterocycles. The maximum atomic E-state index is 9.96. The number of rotatable bonds is 4. The zero-order valence-electron chi connectivity index (χ0n) is 13.0. The van der Waals surface area contributed by atoms with Gasteiger partial charge in [0.05, 0.1) is 13.2 Å². The number of hydrogen-bond donors (Lipinski definition) is 1. The first-order valence-electron chi connectivity index (χ1n) is 6.56. The first-order chi connectivity index (χ1) is 8.68. The van der Waals surface area contributed by atoms with Crippen LogP contribution in [-0.2, 0) is 5.41 Å². The van der Waals surface area contributed by atoms with Crippen molar-refractivity contribution in [3.8, 4) is 11.5 Å². The maximum Gasteiger partial charge on any atom is 0.274 e. The van der Waals surface area contributed by atoms with Gasteiger partial charge in [-0.25, -0.2) is 0 Å². The van der Waals surface area contributed by atoms with Crippen LogP contribution in [0.15, 0.2) is 12.1 Å². The van der Waals surface area contributed by atoms with E-state index in [9.17, 15) is 5.11 Å². The molecule has 1 rings (SSSR count). The molecular weight excluding hydrogens is 256 g/mol. The molecule has 1 radical (unpaired) electrons. The molecule has 1 atom stereocenters. The molecule has 0 bridgehead atoms.